The zero-order valence-corrected chi connectivity index (χ0v) is 14.0. The Kier molecular flexibility index (Phi) is 6.17. The van der Waals surface area contributed by atoms with Gasteiger partial charge in [0.2, 0.25) is 11.8 Å². The summed E-state index contributed by atoms with van der Waals surface area (Å²) in [7, 11) is 1.56. The van der Waals surface area contributed by atoms with Gasteiger partial charge < -0.3 is 20.3 Å². The highest BCUT2D eigenvalue weighted by atomic mass is 16.5. The first-order valence-electron chi connectivity index (χ1n) is 8.03. The lowest BCUT2D eigenvalue weighted by Crippen LogP contribution is -2.38. The van der Waals surface area contributed by atoms with E-state index in [0.717, 1.165) is 0 Å². The lowest BCUT2D eigenvalue weighted by Gasteiger charge is -2.13. The lowest BCUT2D eigenvalue weighted by molar-refractivity contribution is -0.128. The highest BCUT2D eigenvalue weighted by Gasteiger charge is 2.32. The fourth-order valence-corrected chi connectivity index (χ4v) is 2.60. The monoisotopic (exact) mass is 333 g/mol. The molecule has 3 amide bonds. The number of benzene rings is 1. The zero-order valence-electron chi connectivity index (χ0n) is 14.0. The SMILES string of the molecule is CCN1CC(C(=O)NCCNC(=O)c2ccc(OC)cc2)CC1=O. The summed E-state index contributed by atoms with van der Waals surface area (Å²) in [6.07, 6.45) is 0.262. The molecule has 1 aromatic carbocycles. The molecular formula is C17H23N3O4. The average molecular weight is 333 g/mol. The molecule has 2 rings (SSSR count). The van der Waals surface area contributed by atoms with Gasteiger partial charge in [-0.25, -0.2) is 0 Å². The maximum absolute atomic E-state index is 12.0. The molecule has 0 aliphatic carbocycles. The molecular weight excluding hydrogens is 310 g/mol. The molecule has 0 saturated carbocycles. The van der Waals surface area contributed by atoms with Gasteiger partial charge in [-0.15, -0.1) is 0 Å². The van der Waals surface area contributed by atoms with Crippen LogP contribution in [-0.2, 0) is 9.59 Å². The van der Waals surface area contributed by atoms with Gasteiger partial charge in [0.1, 0.15) is 5.75 Å². The number of hydrogen-bond donors (Lipinski definition) is 2. The third-order valence-corrected chi connectivity index (χ3v) is 4.03. The van der Waals surface area contributed by atoms with Crippen molar-refractivity contribution in [1.82, 2.24) is 15.5 Å². The van der Waals surface area contributed by atoms with Crippen LogP contribution < -0.4 is 15.4 Å². The fraction of sp³-hybridized carbons (Fsp3) is 0.471. The number of carbonyl (C=O) groups excluding carboxylic acids is 3. The molecule has 0 aromatic heterocycles. The van der Waals surface area contributed by atoms with Gasteiger partial charge >= 0.3 is 0 Å². The van der Waals surface area contributed by atoms with Crippen LogP contribution in [0.4, 0.5) is 0 Å². The summed E-state index contributed by atoms with van der Waals surface area (Å²) in [4.78, 5) is 37.3. The van der Waals surface area contributed by atoms with E-state index in [4.69, 9.17) is 4.74 Å². The Morgan fingerprint density at radius 1 is 1.21 bits per heavy atom. The molecule has 1 aromatic rings. The Morgan fingerprint density at radius 3 is 2.46 bits per heavy atom. The molecule has 7 heteroatoms. The third-order valence-electron chi connectivity index (χ3n) is 4.03. The first-order chi connectivity index (χ1) is 11.5. The number of nitrogens with one attached hydrogen (secondary N) is 2. The summed E-state index contributed by atoms with van der Waals surface area (Å²) < 4.78 is 5.04. The van der Waals surface area contributed by atoms with Crippen LogP contribution in [0.15, 0.2) is 24.3 Å². The van der Waals surface area contributed by atoms with Crippen LogP contribution in [0.1, 0.15) is 23.7 Å². The minimum Gasteiger partial charge on any atom is -0.497 e. The van der Waals surface area contributed by atoms with Crippen molar-refractivity contribution in [1.29, 1.82) is 0 Å². The van der Waals surface area contributed by atoms with Crippen molar-refractivity contribution in [2.75, 3.05) is 33.3 Å². The summed E-state index contributed by atoms with van der Waals surface area (Å²) >= 11 is 0. The molecule has 1 unspecified atom stereocenters. The smallest absolute Gasteiger partial charge is 0.251 e. The number of nitrogens with zero attached hydrogens (tertiary/aromatic N) is 1. The normalized spacial score (nSPS) is 16.8. The van der Waals surface area contributed by atoms with Crippen LogP contribution in [0, 0.1) is 5.92 Å². The summed E-state index contributed by atoms with van der Waals surface area (Å²) in [5.41, 5.74) is 0.530. The highest BCUT2D eigenvalue weighted by Crippen LogP contribution is 2.17. The van der Waals surface area contributed by atoms with E-state index in [1.54, 1.807) is 36.3 Å². The Balaban J connectivity index is 1.69. The van der Waals surface area contributed by atoms with Crippen molar-refractivity contribution < 1.29 is 19.1 Å². The molecule has 1 aliphatic heterocycles. The van der Waals surface area contributed by atoms with Gasteiger partial charge in [-0.05, 0) is 31.2 Å². The molecule has 7 nitrogen and oxygen atoms in total. The molecule has 1 heterocycles. The Labute approximate surface area is 141 Å². The quantitative estimate of drug-likeness (QED) is 0.708. The third kappa shape index (κ3) is 4.47. The predicted molar refractivity (Wildman–Crippen MR) is 88.7 cm³/mol. The first kappa shape index (κ1) is 17.8. The molecule has 1 saturated heterocycles. The molecule has 0 bridgehead atoms. The second kappa shape index (κ2) is 8.33. The van der Waals surface area contributed by atoms with Crippen LogP contribution in [-0.4, -0.2) is 55.9 Å². The zero-order chi connectivity index (χ0) is 17.5. The molecule has 0 radical (unpaired) electrons. The van der Waals surface area contributed by atoms with E-state index < -0.39 is 0 Å². The van der Waals surface area contributed by atoms with Crippen LogP contribution in [0.2, 0.25) is 0 Å². The Hall–Kier alpha value is -2.57. The number of methoxy groups -OCH3 is 1. The van der Waals surface area contributed by atoms with E-state index in [-0.39, 0.29) is 30.1 Å². The van der Waals surface area contributed by atoms with Crippen molar-refractivity contribution in [3.63, 3.8) is 0 Å². The van der Waals surface area contributed by atoms with Gasteiger partial charge in [-0.1, -0.05) is 0 Å². The van der Waals surface area contributed by atoms with Crippen LogP contribution >= 0.6 is 0 Å². The molecule has 1 fully saturated rings. The van der Waals surface area contributed by atoms with Gasteiger partial charge in [-0.3, -0.25) is 14.4 Å². The van der Waals surface area contributed by atoms with E-state index in [0.29, 0.717) is 37.5 Å². The molecule has 24 heavy (non-hydrogen) atoms. The second-order valence-electron chi connectivity index (χ2n) is 5.61. The van der Waals surface area contributed by atoms with Gasteiger partial charge in [0.25, 0.3) is 5.91 Å². The van der Waals surface area contributed by atoms with E-state index in [2.05, 4.69) is 10.6 Å². The fourth-order valence-electron chi connectivity index (χ4n) is 2.60. The average Bonchev–Trinajstić information content (AvgIpc) is 2.99. The number of ether oxygens (including phenoxy) is 1. The Morgan fingerprint density at radius 2 is 1.88 bits per heavy atom. The van der Waals surface area contributed by atoms with Crippen molar-refractivity contribution in [3.8, 4) is 5.75 Å². The summed E-state index contributed by atoms with van der Waals surface area (Å²) in [6.45, 7) is 3.65. The van der Waals surface area contributed by atoms with Crippen LogP contribution in [0.25, 0.3) is 0 Å². The van der Waals surface area contributed by atoms with E-state index >= 15 is 0 Å². The molecule has 1 atom stereocenters. The molecule has 130 valence electrons. The lowest BCUT2D eigenvalue weighted by atomic mass is 10.1. The van der Waals surface area contributed by atoms with Crippen LogP contribution in [0.3, 0.4) is 0 Å². The molecule has 2 N–H and O–H groups in total. The highest BCUT2D eigenvalue weighted by molar-refractivity contribution is 5.94. The van der Waals surface area contributed by atoms with Crippen molar-refractivity contribution in [3.05, 3.63) is 29.8 Å². The minimum absolute atomic E-state index is 0.0189. The van der Waals surface area contributed by atoms with Crippen LogP contribution in [0.5, 0.6) is 5.75 Å². The first-order valence-corrected chi connectivity index (χ1v) is 8.03. The van der Waals surface area contributed by atoms with Crippen molar-refractivity contribution in [2.45, 2.75) is 13.3 Å². The minimum atomic E-state index is -0.297. The number of carbonyl (C=O) groups is 3. The van der Waals surface area contributed by atoms with Crippen molar-refractivity contribution in [2.24, 2.45) is 5.92 Å². The molecule has 0 spiro atoms. The summed E-state index contributed by atoms with van der Waals surface area (Å²) in [5.74, 6) is 0.0596. The largest absolute Gasteiger partial charge is 0.497 e. The van der Waals surface area contributed by atoms with Gasteiger partial charge in [0.05, 0.1) is 13.0 Å². The molecule has 1 aliphatic rings. The standard InChI is InChI=1S/C17H23N3O4/c1-3-20-11-13(10-15(20)21)17(23)19-9-8-18-16(22)12-4-6-14(24-2)7-5-12/h4-7,13H,3,8-11H2,1-2H3,(H,18,22)(H,19,23). The number of amides is 3. The van der Waals surface area contributed by atoms with Gasteiger partial charge in [-0.2, -0.15) is 0 Å². The maximum Gasteiger partial charge on any atom is 0.251 e. The van der Waals surface area contributed by atoms with E-state index in [1.807, 2.05) is 6.92 Å². The summed E-state index contributed by atoms with van der Waals surface area (Å²) in [5, 5.41) is 5.50. The van der Waals surface area contributed by atoms with E-state index in [1.165, 1.54) is 0 Å². The number of rotatable bonds is 7. The van der Waals surface area contributed by atoms with E-state index in [9.17, 15) is 14.4 Å². The van der Waals surface area contributed by atoms with Gasteiger partial charge in [0, 0.05) is 38.2 Å². The number of hydrogen-bond acceptors (Lipinski definition) is 4. The predicted octanol–water partition coefficient (Wildman–Crippen LogP) is 0.410. The Bertz CT molecular complexity index is 600. The van der Waals surface area contributed by atoms with Crippen molar-refractivity contribution >= 4 is 17.7 Å². The topological polar surface area (TPSA) is 87.7 Å². The second-order valence-corrected chi connectivity index (χ2v) is 5.61. The van der Waals surface area contributed by atoms with Gasteiger partial charge in [0.15, 0.2) is 0 Å². The number of likely N-dealkylation sites (tertiary alicyclic amines) is 1. The maximum atomic E-state index is 12.0. The summed E-state index contributed by atoms with van der Waals surface area (Å²) in [6, 6.07) is 6.78.